The highest BCUT2D eigenvalue weighted by molar-refractivity contribution is 6.06. The number of alkyl carbamates (subject to hydrolysis) is 1. The van der Waals surface area contributed by atoms with Crippen molar-refractivity contribution in [2.24, 2.45) is 11.3 Å². The van der Waals surface area contributed by atoms with Crippen LogP contribution in [0.4, 0.5) is 4.79 Å². The number of nitrogens with one attached hydrogen (secondary N) is 1. The van der Waals surface area contributed by atoms with Crippen LogP contribution in [0.3, 0.4) is 0 Å². The van der Waals surface area contributed by atoms with Crippen molar-refractivity contribution in [3.63, 3.8) is 0 Å². The van der Waals surface area contributed by atoms with E-state index in [0.29, 0.717) is 12.0 Å². The van der Waals surface area contributed by atoms with E-state index in [4.69, 9.17) is 23.7 Å². The summed E-state index contributed by atoms with van der Waals surface area (Å²) in [6, 6.07) is 7.06. The predicted molar refractivity (Wildman–Crippen MR) is 152 cm³/mol. The van der Waals surface area contributed by atoms with Gasteiger partial charge in [0.1, 0.15) is 17.1 Å². The van der Waals surface area contributed by atoms with Crippen molar-refractivity contribution in [2.45, 2.75) is 111 Å². The number of hydrogen-bond donors (Lipinski definition) is 1. The number of benzene rings is 1. The molecule has 2 rings (SSSR count). The van der Waals surface area contributed by atoms with E-state index in [-0.39, 0.29) is 6.42 Å². The SMILES string of the molecule is CC[C@H](C)[C@@H]1OC(=O)C(C)(C)C(=O)C(Cc2ccccc2)OC(=O)[C@H](C)OC(=O)[C@@H](NC(=O)OC(C)(C)C)[C@@H](C)OC1=O. The van der Waals surface area contributed by atoms with Crippen LogP contribution in [0.15, 0.2) is 30.3 Å². The Hall–Kier alpha value is -3.96. The van der Waals surface area contributed by atoms with Gasteiger partial charge in [-0.25, -0.2) is 19.2 Å². The van der Waals surface area contributed by atoms with E-state index >= 15 is 0 Å². The van der Waals surface area contributed by atoms with Crippen LogP contribution in [0.2, 0.25) is 0 Å². The number of Topliss-reactive ketones (excluding diaryl/α,β-unsaturated/α-hetero) is 1. The number of cyclic esters (lactones) is 4. The van der Waals surface area contributed by atoms with Crippen LogP contribution < -0.4 is 5.32 Å². The molecule has 1 amide bonds. The molecule has 1 aromatic rings. The number of esters is 4. The van der Waals surface area contributed by atoms with Crippen LogP contribution in [0.5, 0.6) is 0 Å². The molecule has 0 aliphatic carbocycles. The van der Waals surface area contributed by atoms with Crippen LogP contribution >= 0.6 is 0 Å². The van der Waals surface area contributed by atoms with Gasteiger partial charge in [-0.15, -0.1) is 0 Å². The summed E-state index contributed by atoms with van der Waals surface area (Å²) < 4.78 is 27.1. The fourth-order valence-corrected chi connectivity index (χ4v) is 4.04. The molecule has 0 bridgehead atoms. The van der Waals surface area contributed by atoms with Gasteiger partial charge in [-0.05, 0) is 60.5 Å². The first kappa shape index (κ1) is 35.2. The van der Waals surface area contributed by atoms with Crippen molar-refractivity contribution in [3.05, 3.63) is 35.9 Å². The summed E-state index contributed by atoms with van der Waals surface area (Å²) in [6.45, 7) is 13.4. The molecule has 1 heterocycles. The summed E-state index contributed by atoms with van der Waals surface area (Å²) in [5.41, 5.74) is -2.14. The highest BCUT2D eigenvalue weighted by Crippen LogP contribution is 2.27. The van der Waals surface area contributed by atoms with Crippen molar-refractivity contribution in [1.29, 1.82) is 0 Å². The van der Waals surface area contributed by atoms with E-state index in [1.54, 1.807) is 65.0 Å². The molecule has 1 fully saturated rings. The minimum atomic E-state index is -1.85. The van der Waals surface area contributed by atoms with Gasteiger partial charge >= 0.3 is 30.0 Å². The zero-order valence-corrected chi connectivity index (χ0v) is 26.3. The van der Waals surface area contributed by atoms with Gasteiger partial charge in [0.05, 0.1) is 0 Å². The van der Waals surface area contributed by atoms with Crippen LogP contribution in [0, 0.1) is 11.3 Å². The summed E-state index contributed by atoms with van der Waals surface area (Å²) in [5, 5.41) is 2.32. The summed E-state index contributed by atoms with van der Waals surface area (Å²) in [6.07, 6.45) is -6.52. The third kappa shape index (κ3) is 9.79. The summed E-state index contributed by atoms with van der Waals surface area (Å²) in [4.78, 5) is 79.4. The Kier molecular flexibility index (Phi) is 11.9. The number of amides is 1. The Bertz CT molecular complexity index is 1190. The molecule has 1 aliphatic heterocycles. The van der Waals surface area contributed by atoms with Crippen molar-refractivity contribution in [2.75, 3.05) is 0 Å². The number of carbonyl (C=O) groups is 6. The second-order valence-electron chi connectivity index (χ2n) is 12.2. The zero-order valence-electron chi connectivity index (χ0n) is 26.3. The molecule has 1 N–H and O–H groups in total. The first-order valence-electron chi connectivity index (χ1n) is 14.3. The second-order valence-corrected chi connectivity index (χ2v) is 12.2. The molecule has 0 saturated carbocycles. The van der Waals surface area contributed by atoms with Gasteiger partial charge < -0.3 is 29.0 Å². The van der Waals surface area contributed by atoms with Crippen molar-refractivity contribution >= 4 is 35.8 Å². The fourth-order valence-electron chi connectivity index (χ4n) is 4.04. The molecule has 1 unspecified atom stereocenters. The normalized spacial score (nSPS) is 26.4. The lowest BCUT2D eigenvalue weighted by molar-refractivity contribution is -0.183. The third-order valence-electron chi connectivity index (χ3n) is 6.89. The summed E-state index contributed by atoms with van der Waals surface area (Å²) in [5.74, 6) is -5.56. The molecule has 43 heavy (non-hydrogen) atoms. The van der Waals surface area contributed by atoms with Crippen LogP contribution in [0.1, 0.15) is 74.3 Å². The van der Waals surface area contributed by atoms with E-state index in [2.05, 4.69) is 5.32 Å². The molecule has 0 aromatic heterocycles. The van der Waals surface area contributed by atoms with Crippen LogP contribution in [0.25, 0.3) is 0 Å². The quantitative estimate of drug-likeness (QED) is 0.297. The Morgan fingerprint density at radius 1 is 0.930 bits per heavy atom. The van der Waals surface area contributed by atoms with E-state index in [1.165, 1.54) is 27.7 Å². The minimum Gasteiger partial charge on any atom is -0.457 e. The maximum absolute atomic E-state index is 13.7. The van der Waals surface area contributed by atoms with Gasteiger partial charge in [-0.1, -0.05) is 44.2 Å². The smallest absolute Gasteiger partial charge is 0.408 e. The molecule has 1 saturated heterocycles. The molecule has 1 aliphatic rings. The average Bonchev–Trinajstić information content (AvgIpc) is 2.91. The standard InChI is InChI=1S/C31H43NO11/c1-10-17(2)23-27(36)39-18(3)22(32-29(38)43-30(5,6)7)26(35)40-19(4)25(34)41-21(16-20-14-12-11-13-15-20)24(33)31(8,9)28(37)42-23/h11-15,17-19,21-23H,10,16H2,1-9H3,(H,32,38)/t17-,18+,19-,21?,22-,23-/m0/s1. The maximum atomic E-state index is 13.7. The molecular formula is C31H43NO11. The van der Waals surface area contributed by atoms with Gasteiger partial charge in [-0.2, -0.15) is 0 Å². The number of carbonyl (C=O) groups excluding carboxylic acids is 6. The van der Waals surface area contributed by atoms with E-state index in [9.17, 15) is 28.8 Å². The molecule has 0 spiro atoms. The van der Waals surface area contributed by atoms with Crippen molar-refractivity contribution in [1.82, 2.24) is 5.32 Å². The topological polar surface area (TPSA) is 161 Å². The first-order valence-corrected chi connectivity index (χ1v) is 14.3. The maximum Gasteiger partial charge on any atom is 0.408 e. The highest BCUT2D eigenvalue weighted by atomic mass is 16.6. The Balaban J connectivity index is 2.56. The summed E-state index contributed by atoms with van der Waals surface area (Å²) >= 11 is 0. The number of hydrogen-bond acceptors (Lipinski definition) is 11. The van der Waals surface area contributed by atoms with Crippen molar-refractivity contribution < 1.29 is 52.5 Å². The Morgan fingerprint density at radius 2 is 1.53 bits per heavy atom. The van der Waals surface area contributed by atoms with Gasteiger partial charge in [-0.3, -0.25) is 9.59 Å². The zero-order chi connectivity index (χ0) is 32.7. The molecule has 12 nitrogen and oxygen atoms in total. The highest BCUT2D eigenvalue weighted by Gasteiger charge is 2.47. The number of ether oxygens (including phenoxy) is 5. The number of ketones is 1. The Labute approximate surface area is 252 Å². The van der Waals surface area contributed by atoms with E-state index in [0.717, 1.165) is 0 Å². The van der Waals surface area contributed by atoms with Gasteiger partial charge in [0.2, 0.25) is 6.10 Å². The first-order chi connectivity index (χ1) is 19.9. The average molecular weight is 606 g/mol. The lowest BCUT2D eigenvalue weighted by atomic mass is 9.83. The van der Waals surface area contributed by atoms with E-state index in [1.807, 2.05) is 0 Å². The van der Waals surface area contributed by atoms with Gasteiger partial charge in [0.25, 0.3) is 0 Å². The monoisotopic (exact) mass is 605 g/mol. The van der Waals surface area contributed by atoms with E-state index < -0.39 is 83.1 Å². The molecule has 6 atom stereocenters. The fraction of sp³-hybridized carbons (Fsp3) is 0.613. The van der Waals surface area contributed by atoms with Crippen LogP contribution in [-0.4, -0.2) is 71.8 Å². The van der Waals surface area contributed by atoms with Crippen molar-refractivity contribution in [3.8, 4) is 0 Å². The molecule has 12 heteroatoms. The third-order valence-corrected chi connectivity index (χ3v) is 6.89. The van der Waals surface area contributed by atoms with Crippen LogP contribution in [-0.2, 0) is 54.1 Å². The summed E-state index contributed by atoms with van der Waals surface area (Å²) in [7, 11) is 0. The lowest BCUT2D eigenvalue weighted by Gasteiger charge is -2.30. The molecular weight excluding hydrogens is 562 g/mol. The largest absolute Gasteiger partial charge is 0.457 e. The second kappa shape index (κ2) is 14.5. The molecule has 1 aromatic carbocycles. The minimum absolute atomic E-state index is 0.0838. The predicted octanol–water partition coefficient (Wildman–Crippen LogP) is 3.46. The number of rotatable bonds is 5. The lowest BCUT2D eigenvalue weighted by Crippen LogP contribution is -2.53. The Morgan fingerprint density at radius 3 is 2.09 bits per heavy atom. The van der Waals surface area contributed by atoms with Gasteiger partial charge in [0, 0.05) is 12.3 Å². The van der Waals surface area contributed by atoms with Gasteiger partial charge in [0.15, 0.2) is 24.0 Å². The molecule has 0 radical (unpaired) electrons. The molecule has 238 valence electrons.